The fourth-order valence-electron chi connectivity index (χ4n) is 3.17. The Morgan fingerprint density at radius 1 is 0.889 bits per heavy atom. The lowest BCUT2D eigenvalue weighted by Crippen LogP contribution is -2.09. The number of nitrogens with one attached hydrogen (secondary N) is 3. The number of aromatic nitrogens is 3. The fourth-order valence-corrected chi connectivity index (χ4v) is 3.17. The van der Waals surface area contributed by atoms with Gasteiger partial charge in [-0.3, -0.25) is 10.1 Å². The average Bonchev–Trinajstić information content (AvgIpc) is 2.89. The zero-order valence-electron chi connectivity index (χ0n) is 19.5. The largest absolute Gasteiger partial charge is 0.350 e. The maximum atomic E-state index is 10.9. The summed E-state index contributed by atoms with van der Waals surface area (Å²) in [6, 6.07) is 25.8. The van der Waals surface area contributed by atoms with Gasteiger partial charge in [0, 0.05) is 24.4 Å². The Bertz CT molecular complexity index is 1360. The number of hydrogen-bond acceptors (Lipinski definition) is 9. The molecule has 10 heteroatoms. The first-order chi connectivity index (χ1) is 17.5. The number of non-ortho nitro benzene ring substituents is 1. The van der Waals surface area contributed by atoms with Crippen molar-refractivity contribution in [3.05, 3.63) is 112 Å². The minimum atomic E-state index is -0.452. The molecule has 3 aromatic carbocycles. The van der Waals surface area contributed by atoms with Crippen LogP contribution in [0.2, 0.25) is 0 Å². The van der Waals surface area contributed by atoms with Crippen molar-refractivity contribution in [1.29, 1.82) is 0 Å². The number of allylic oxidation sites excluding steroid dienone is 1. The van der Waals surface area contributed by atoms with E-state index in [9.17, 15) is 10.1 Å². The average molecular weight is 481 g/mol. The van der Waals surface area contributed by atoms with Crippen LogP contribution >= 0.6 is 0 Å². The molecule has 3 N–H and O–H groups in total. The van der Waals surface area contributed by atoms with E-state index in [4.69, 9.17) is 0 Å². The van der Waals surface area contributed by atoms with Crippen LogP contribution in [0, 0.1) is 10.1 Å². The summed E-state index contributed by atoms with van der Waals surface area (Å²) < 4.78 is 0. The van der Waals surface area contributed by atoms with E-state index in [0.717, 1.165) is 16.7 Å². The number of nitro benzene ring substituents is 1. The summed E-state index contributed by atoms with van der Waals surface area (Å²) >= 11 is 0. The number of hydrazone groups is 1. The molecule has 0 atom stereocenters. The molecule has 0 amide bonds. The van der Waals surface area contributed by atoms with Crippen molar-refractivity contribution in [2.24, 2.45) is 5.10 Å². The lowest BCUT2D eigenvalue weighted by atomic mass is 10.1. The lowest BCUT2D eigenvalue weighted by Gasteiger charge is -2.10. The Morgan fingerprint density at radius 3 is 2.22 bits per heavy atom. The van der Waals surface area contributed by atoms with Gasteiger partial charge in [-0.15, -0.1) is 0 Å². The molecule has 0 aliphatic rings. The van der Waals surface area contributed by atoms with Crippen LogP contribution < -0.4 is 16.1 Å². The molecule has 0 radical (unpaired) electrons. The first-order valence-electron chi connectivity index (χ1n) is 11.1. The molecule has 36 heavy (non-hydrogen) atoms. The number of hydrogen-bond donors (Lipinski definition) is 3. The van der Waals surface area contributed by atoms with Gasteiger partial charge in [0.15, 0.2) is 0 Å². The highest BCUT2D eigenvalue weighted by molar-refractivity contribution is 5.85. The third kappa shape index (κ3) is 7.19. The highest BCUT2D eigenvalue weighted by atomic mass is 16.6. The number of nitro groups is 1. The maximum Gasteiger partial charge on any atom is 0.269 e. The van der Waals surface area contributed by atoms with E-state index < -0.39 is 4.92 Å². The number of benzene rings is 3. The first-order valence-corrected chi connectivity index (χ1v) is 11.1. The van der Waals surface area contributed by atoms with E-state index >= 15 is 0 Å². The van der Waals surface area contributed by atoms with Crippen LogP contribution in [-0.4, -0.2) is 26.1 Å². The molecule has 4 aromatic rings. The van der Waals surface area contributed by atoms with Crippen LogP contribution in [0.1, 0.15) is 18.1 Å². The Kier molecular flexibility index (Phi) is 7.90. The summed E-state index contributed by atoms with van der Waals surface area (Å²) in [6.45, 7) is 2.46. The maximum absolute atomic E-state index is 10.9. The molecule has 0 aliphatic carbocycles. The number of anilines is 4. The molecular formula is C26H24N8O2. The molecule has 1 heterocycles. The standard InChI is InChI=1S/C26H24N8O2/c1-19(16-20-8-4-2-5-9-20)17-28-33-26-31-24(27-18-21-10-6-3-7-11-21)30-25(32-26)29-22-12-14-23(15-13-22)34(35)36/h2-17H,18H2,1H3,(H3,27,29,30,31,32,33)/b19-16+,28-17?. The third-order valence-corrected chi connectivity index (χ3v) is 4.89. The van der Waals surface area contributed by atoms with Crippen molar-refractivity contribution in [3.63, 3.8) is 0 Å². The summed E-state index contributed by atoms with van der Waals surface area (Å²) in [4.78, 5) is 23.7. The van der Waals surface area contributed by atoms with Gasteiger partial charge in [0.05, 0.1) is 11.1 Å². The molecule has 10 nitrogen and oxygen atoms in total. The number of nitrogens with zero attached hydrogens (tertiary/aromatic N) is 5. The van der Waals surface area contributed by atoms with E-state index in [1.165, 1.54) is 12.1 Å². The molecule has 0 saturated heterocycles. The van der Waals surface area contributed by atoms with E-state index in [2.05, 4.69) is 36.1 Å². The zero-order chi connectivity index (χ0) is 25.2. The molecule has 0 bridgehead atoms. The van der Waals surface area contributed by atoms with Gasteiger partial charge in [-0.25, -0.2) is 5.43 Å². The summed E-state index contributed by atoms with van der Waals surface area (Å²) in [6.07, 6.45) is 3.68. The second kappa shape index (κ2) is 11.8. The van der Waals surface area contributed by atoms with Crippen molar-refractivity contribution in [1.82, 2.24) is 15.0 Å². The van der Waals surface area contributed by atoms with Gasteiger partial charge in [-0.2, -0.15) is 20.1 Å². The highest BCUT2D eigenvalue weighted by Gasteiger charge is 2.09. The molecule has 1 aromatic heterocycles. The van der Waals surface area contributed by atoms with Crippen LogP contribution in [0.15, 0.2) is 95.6 Å². The van der Waals surface area contributed by atoms with Crippen molar-refractivity contribution in [2.45, 2.75) is 13.5 Å². The molecule has 0 aliphatic heterocycles. The SMILES string of the molecule is C/C(C=NNc1nc(NCc2ccccc2)nc(Nc2ccc([N+](=O)[O-])cc2)n1)=C\c1ccccc1. The topological polar surface area (TPSA) is 130 Å². The van der Waals surface area contributed by atoms with Gasteiger partial charge in [-0.1, -0.05) is 66.7 Å². The first kappa shape index (κ1) is 24.0. The lowest BCUT2D eigenvalue weighted by molar-refractivity contribution is -0.384. The van der Waals surface area contributed by atoms with Crippen LogP contribution in [-0.2, 0) is 6.54 Å². The molecule has 0 saturated carbocycles. The highest BCUT2D eigenvalue weighted by Crippen LogP contribution is 2.20. The van der Waals surface area contributed by atoms with E-state index in [1.54, 1.807) is 18.3 Å². The molecular weight excluding hydrogens is 456 g/mol. The second-order valence-electron chi connectivity index (χ2n) is 7.74. The minimum absolute atomic E-state index is 0.00275. The smallest absolute Gasteiger partial charge is 0.269 e. The van der Waals surface area contributed by atoms with E-state index in [-0.39, 0.29) is 17.6 Å². The molecule has 4 rings (SSSR count). The fraction of sp³-hybridized carbons (Fsp3) is 0.0769. The van der Waals surface area contributed by atoms with Crippen molar-refractivity contribution >= 4 is 41.5 Å². The zero-order valence-corrected chi connectivity index (χ0v) is 19.5. The quantitative estimate of drug-likeness (QED) is 0.151. The van der Waals surface area contributed by atoms with Gasteiger partial charge in [-0.05, 0) is 35.8 Å². The molecule has 0 fully saturated rings. The Morgan fingerprint density at radius 2 is 1.53 bits per heavy atom. The summed E-state index contributed by atoms with van der Waals surface area (Å²) in [5.74, 6) is 0.824. The Balaban J connectivity index is 1.51. The van der Waals surface area contributed by atoms with Crippen LogP contribution in [0.5, 0.6) is 0 Å². The summed E-state index contributed by atoms with van der Waals surface area (Å²) in [5.41, 5.74) is 6.52. The van der Waals surface area contributed by atoms with Crippen LogP contribution in [0.4, 0.5) is 29.2 Å². The monoisotopic (exact) mass is 480 g/mol. The van der Waals surface area contributed by atoms with Gasteiger partial charge >= 0.3 is 0 Å². The Labute approximate surface area is 208 Å². The minimum Gasteiger partial charge on any atom is -0.350 e. The third-order valence-electron chi connectivity index (χ3n) is 4.89. The summed E-state index contributed by atoms with van der Waals surface area (Å²) in [5, 5.41) is 21.4. The van der Waals surface area contributed by atoms with Crippen molar-refractivity contribution in [2.75, 3.05) is 16.1 Å². The summed E-state index contributed by atoms with van der Waals surface area (Å²) in [7, 11) is 0. The normalized spacial score (nSPS) is 11.3. The predicted molar refractivity (Wildman–Crippen MR) is 142 cm³/mol. The van der Waals surface area contributed by atoms with Crippen molar-refractivity contribution < 1.29 is 4.92 Å². The van der Waals surface area contributed by atoms with Crippen molar-refractivity contribution in [3.8, 4) is 0 Å². The number of rotatable bonds is 10. The molecule has 0 unspecified atom stereocenters. The van der Waals surface area contributed by atoms with Gasteiger partial charge in [0.1, 0.15) is 0 Å². The molecule has 180 valence electrons. The van der Waals surface area contributed by atoms with E-state index in [0.29, 0.717) is 18.2 Å². The predicted octanol–water partition coefficient (Wildman–Crippen LogP) is 5.64. The van der Waals surface area contributed by atoms with Crippen LogP contribution in [0.25, 0.3) is 6.08 Å². The molecule has 0 spiro atoms. The van der Waals surface area contributed by atoms with E-state index in [1.807, 2.05) is 73.7 Å². The van der Waals surface area contributed by atoms with Crippen LogP contribution in [0.3, 0.4) is 0 Å². The van der Waals surface area contributed by atoms with Gasteiger partial charge < -0.3 is 10.6 Å². The second-order valence-corrected chi connectivity index (χ2v) is 7.74. The van der Waals surface area contributed by atoms with Gasteiger partial charge in [0.25, 0.3) is 5.69 Å². The van der Waals surface area contributed by atoms with Gasteiger partial charge in [0.2, 0.25) is 17.8 Å². The Hall–Kier alpha value is -5.12.